The number of nitrogens with one attached hydrogen (secondary N) is 1. The highest BCUT2D eigenvalue weighted by molar-refractivity contribution is 7.16. The summed E-state index contributed by atoms with van der Waals surface area (Å²) in [6, 6.07) is 16.5. The number of halogens is 2. The maximum atomic E-state index is 15.2. The molecule has 256 valence electrons. The number of Topliss-reactive ketones (excluding diaryl/α,β-unsaturated/α-hetero) is 1. The SMILES string of the molecule is CC(=O)c1nn(CC(=O)N2C[C@H](F)C[C@H]2C(=O)NCc2ccc(-c3ccc4scnc4c3)c(F)c2)c2ccc(-c3cnc4cc(C)nn4c3)cc12. The number of hydrogen-bond donors (Lipinski definition) is 1. The molecule has 2 atom stereocenters. The molecular formula is C37H30F2N8O3S. The number of rotatable bonds is 8. The number of thiazole rings is 1. The van der Waals surface area contributed by atoms with Crippen LogP contribution in [0.15, 0.2) is 78.6 Å². The van der Waals surface area contributed by atoms with Crippen LogP contribution in [0.5, 0.6) is 0 Å². The van der Waals surface area contributed by atoms with Gasteiger partial charge < -0.3 is 10.2 Å². The van der Waals surface area contributed by atoms with Gasteiger partial charge in [-0.2, -0.15) is 10.2 Å². The van der Waals surface area contributed by atoms with Crippen molar-refractivity contribution in [1.82, 2.24) is 39.6 Å². The van der Waals surface area contributed by atoms with Gasteiger partial charge in [0.2, 0.25) is 11.8 Å². The van der Waals surface area contributed by atoms with Crippen LogP contribution in [0.4, 0.5) is 8.78 Å². The van der Waals surface area contributed by atoms with Gasteiger partial charge in [-0.1, -0.05) is 24.3 Å². The molecule has 51 heavy (non-hydrogen) atoms. The zero-order chi connectivity index (χ0) is 35.4. The van der Waals surface area contributed by atoms with Crippen LogP contribution in [-0.4, -0.2) is 70.6 Å². The summed E-state index contributed by atoms with van der Waals surface area (Å²) in [5.41, 5.74) is 7.96. The zero-order valence-corrected chi connectivity index (χ0v) is 28.3. The fraction of sp³-hybridized carbons (Fsp3) is 0.216. The van der Waals surface area contributed by atoms with E-state index in [-0.39, 0.29) is 37.5 Å². The number of carbonyl (C=O) groups is 3. The number of ketones is 1. The molecule has 0 radical (unpaired) electrons. The van der Waals surface area contributed by atoms with Crippen molar-refractivity contribution in [3.8, 4) is 22.3 Å². The summed E-state index contributed by atoms with van der Waals surface area (Å²) in [6.45, 7) is 2.71. The van der Waals surface area contributed by atoms with Gasteiger partial charge in [-0.15, -0.1) is 11.3 Å². The summed E-state index contributed by atoms with van der Waals surface area (Å²) < 4.78 is 34.0. The highest BCUT2D eigenvalue weighted by Gasteiger charge is 2.40. The number of benzene rings is 3. The zero-order valence-electron chi connectivity index (χ0n) is 27.5. The minimum Gasteiger partial charge on any atom is -0.350 e. The average Bonchev–Trinajstić information content (AvgIpc) is 3.91. The van der Waals surface area contributed by atoms with Gasteiger partial charge in [0, 0.05) is 54.9 Å². The third-order valence-corrected chi connectivity index (χ3v) is 9.96. The minimum atomic E-state index is -1.40. The van der Waals surface area contributed by atoms with Crippen molar-refractivity contribution in [3.63, 3.8) is 0 Å². The number of nitrogens with zero attached hydrogens (tertiary/aromatic N) is 7. The summed E-state index contributed by atoms with van der Waals surface area (Å²) in [5, 5.41) is 12.2. The molecule has 11 nitrogen and oxygen atoms in total. The van der Waals surface area contributed by atoms with Gasteiger partial charge in [-0.3, -0.25) is 19.1 Å². The first-order chi connectivity index (χ1) is 24.6. The molecule has 1 saturated heterocycles. The molecule has 0 unspecified atom stereocenters. The van der Waals surface area contributed by atoms with Crippen LogP contribution in [0.3, 0.4) is 0 Å². The monoisotopic (exact) mass is 704 g/mol. The van der Waals surface area contributed by atoms with Crippen molar-refractivity contribution in [1.29, 1.82) is 0 Å². The van der Waals surface area contributed by atoms with Crippen molar-refractivity contribution in [2.75, 3.05) is 6.54 Å². The third-order valence-electron chi connectivity index (χ3n) is 9.15. The molecule has 2 amide bonds. The summed E-state index contributed by atoms with van der Waals surface area (Å²) >= 11 is 1.51. The second-order valence-corrected chi connectivity index (χ2v) is 13.6. The van der Waals surface area contributed by atoms with E-state index in [1.807, 2.05) is 49.5 Å². The maximum absolute atomic E-state index is 15.2. The molecule has 0 spiro atoms. The maximum Gasteiger partial charge on any atom is 0.245 e. The third kappa shape index (κ3) is 6.11. The molecule has 1 aliphatic rings. The topological polar surface area (TPSA) is 127 Å². The van der Waals surface area contributed by atoms with E-state index in [1.54, 1.807) is 34.4 Å². The Bertz CT molecular complexity index is 2520. The van der Waals surface area contributed by atoms with E-state index in [0.717, 1.165) is 27.0 Å². The van der Waals surface area contributed by atoms with Crippen molar-refractivity contribution in [3.05, 3.63) is 101 Å². The lowest BCUT2D eigenvalue weighted by atomic mass is 10.0. The highest BCUT2D eigenvalue weighted by atomic mass is 32.1. The van der Waals surface area contributed by atoms with Gasteiger partial charge in [-0.25, -0.2) is 23.3 Å². The second-order valence-electron chi connectivity index (χ2n) is 12.7. The number of hydrogen-bond acceptors (Lipinski definition) is 8. The average molecular weight is 705 g/mol. The van der Waals surface area contributed by atoms with Crippen molar-refractivity contribution in [2.45, 2.75) is 45.6 Å². The summed E-state index contributed by atoms with van der Waals surface area (Å²) in [4.78, 5) is 49.6. The van der Waals surface area contributed by atoms with Gasteiger partial charge in [-0.05, 0) is 53.9 Å². The number of likely N-dealkylation sites (tertiary alicyclic amines) is 1. The van der Waals surface area contributed by atoms with E-state index < -0.39 is 29.8 Å². The number of alkyl halides is 1. The van der Waals surface area contributed by atoms with E-state index in [4.69, 9.17) is 0 Å². The Morgan fingerprint density at radius 3 is 2.65 bits per heavy atom. The first-order valence-electron chi connectivity index (χ1n) is 16.3. The van der Waals surface area contributed by atoms with E-state index in [1.165, 1.54) is 33.9 Å². The molecule has 1 N–H and O–H groups in total. The number of amides is 2. The molecule has 8 rings (SSSR count). The predicted octanol–water partition coefficient (Wildman–Crippen LogP) is 5.93. The molecule has 1 fully saturated rings. The quantitative estimate of drug-likeness (QED) is 0.195. The smallest absolute Gasteiger partial charge is 0.245 e. The molecule has 5 heterocycles. The normalized spacial score (nSPS) is 16.0. The molecule has 3 aromatic carbocycles. The number of fused-ring (bicyclic) bond motifs is 3. The summed E-state index contributed by atoms with van der Waals surface area (Å²) in [5.74, 6) is -1.80. The van der Waals surface area contributed by atoms with Gasteiger partial charge in [0.05, 0.1) is 33.5 Å². The van der Waals surface area contributed by atoms with Crippen LogP contribution in [0.25, 0.3) is 49.0 Å². The van der Waals surface area contributed by atoms with E-state index in [0.29, 0.717) is 33.2 Å². The van der Waals surface area contributed by atoms with Crippen LogP contribution < -0.4 is 5.32 Å². The van der Waals surface area contributed by atoms with Crippen LogP contribution >= 0.6 is 11.3 Å². The predicted molar refractivity (Wildman–Crippen MR) is 188 cm³/mol. The van der Waals surface area contributed by atoms with E-state index in [2.05, 4.69) is 25.5 Å². The van der Waals surface area contributed by atoms with Crippen LogP contribution in [0, 0.1) is 12.7 Å². The highest BCUT2D eigenvalue weighted by Crippen LogP contribution is 2.30. The fourth-order valence-electron chi connectivity index (χ4n) is 6.65. The van der Waals surface area contributed by atoms with E-state index >= 15 is 4.39 Å². The lowest BCUT2D eigenvalue weighted by Gasteiger charge is -2.24. The molecule has 1 aliphatic heterocycles. The molecule has 0 bridgehead atoms. The van der Waals surface area contributed by atoms with E-state index in [9.17, 15) is 18.8 Å². The second kappa shape index (κ2) is 12.8. The fourth-order valence-corrected chi connectivity index (χ4v) is 7.31. The Balaban J connectivity index is 0.977. The molecule has 7 aromatic rings. The van der Waals surface area contributed by atoms with Crippen LogP contribution in [-0.2, 0) is 22.7 Å². The van der Waals surface area contributed by atoms with Gasteiger partial charge in [0.1, 0.15) is 30.3 Å². The van der Waals surface area contributed by atoms with Crippen molar-refractivity contribution >= 4 is 55.7 Å². The first kappa shape index (κ1) is 32.3. The number of aromatic nitrogens is 6. The summed E-state index contributed by atoms with van der Waals surface area (Å²) in [6.07, 6.45) is 2.01. The standard InChI is InChI=1S/C37H30F2N8O3S/c1-20-9-34-40-15-25(16-47(34)43-20)23-4-7-31-28(11-23)36(21(2)48)44-46(31)18-35(49)45-17-26(38)13-32(45)37(50)41-14-22-3-6-27(29(39)10-22)24-5-8-33-30(12-24)42-19-51-33/h3-12,15-16,19,26,32H,13-14,17-18H2,1-2H3,(H,41,50)/t26-,32+/m1/s1. The van der Waals surface area contributed by atoms with Gasteiger partial charge in [0.25, 0.3) is 0 Å². The largest absolute Gasteiger partial charge is 0.350 e. The van der Waals surface area contributed by atoms with Crippen LogP contribution in [0.1, 0.15) is 35.1 Å². The first-order valence-corrected chi connectivity index (χ1v) is 17.2. The lowest BCUT2D eigenvalue weighted by molar-refractivity contribution is -0.139. The van der Waals surface area contributed by atoms with Gasteiger partial charge in [0.15, 0.2) is 11.4 Å². The minimum absolute atomic E-state index is 0.00675. The Hall–Kier alpha value is -5.89. The number of aryl methyl sites for hydroxylation is 1. The Kier molecular flexibility index (Phi) is 8.10. The molecule has 14 heteroatoms. The van der Waals surface area contributed by atoms with Crippen LogP contribution in [0.2, 0.25) is 0 Å². The Morgan fingerprint density at radius 2 is 1.82 bits per heavy atom. The molecule has 0 aliphatic carbocycles. The summed E-state index contributed by atoms with van der Waals surface area (Å²) in [7, 11) is 0. The molecule has 0 saturated carbocycles. The molecule has 4 aromatic heterocycles. The van der Waals surface area contributed by atoms with Gasteiger partial charge >= 0.3 is 0 Å². The lowest BCUT2D eigenvalue weighted by Crippen LogP contribution is -2.46. The molecular weight excluding hydrogens is 675 g/mol. The Morgan fingerprint density at radius 1 is 0.980 bits per heavy atom. The Labute approximate surface area is 293 Å². The van der Waals surface area contributed by atoms with Crippen molar-refractivity contribution < 1.29 is 23.2 Å². The van der Waals surface area contributed by atoms with Crippen molar-refractivity contribution in [2.24, 2.45) is 0 Å². The number of carbonyl (C=O) groups excluding carboxylic acids is 3.